The fourth-order valence-corrected chi connectivity index (χ4v) is 12.7. The zero-order valence-electron chi connectivity index (χ0n) is 49.1. The molecule has 0 radical (unpaired) electrons. The predicted octanol–water partition coefficient (Wildman–Crippen LogP) is 23.0. The number of furan rings is 4. The van der Waals surface area contributed by atoms with E-state index in [0.29, 0.717) is 0 Å². The third kappa shape index (κ3) is 12.8. The summed E-state index contributed by atoms with van der Waals surface area (Å²) in [6, 6.07) is 58.8. The Morgan fingerprint density at radius 2 is 0.926 bits per heavy atom. The van der Waals surface area contributed by atoms with Gasteiger partial charge in [-0.05, 0) is 234 Å². The number of benzene rings is 8. The minimum atomic E-state index is 0.972. The van der Waals surface area contributed by atoms with Crippen LogP contribution in [0.5, 0.6) is 0 Å². The number of hydrogen-bond acceptors (Lipinski definition) is 6. The van der Waals surface area contributed by atoms with Gasteiger partial charge in [0, 0.05) is 59.3 Å². The van der Waals surface area contributed by atoms with Crippen molar-refractivity contribution in [3.05, 3.63) is 260 Å². The van der Waals surface area contributed by atoms with E-state index >= 15 is 0 Å². The van der Waals surface area contributed by atoms with Crippen molar-refractivity contribution < 1.29 is 17.7 Å². The third-order valence-electron chi connectivity index (χ3n) is 15.0. The van der Waals surface area contributed by atoms with E-state index in [1.54, 1.807) is 23.9 Å². The van der Waals surface area contributed by atoms with Crippen molar-refractivity contribution >= 4 is 109 Å². The van der Waals surface area contributed by atoms with Crippen molar-refractivity contribution in [3.63, 3.8) is 0 Å². The van der Waals surface area contributed by atoms with Gasteiger partial charge in [0.05, 0.1) is 12.5 Å². The maximum atomic E-state index is 5.58. The molecule has 0 saturated heterocycles. The molecule has 410 valence electrons. The van der Waals surface area contributed by atoms with Gasteiger partial charge in [-0.25, -0.2) is 0 Å². The molecule has 15 rings (SSSR count). The number of para-hydroxylation sites is 1. The average Bonchev–Trinajstić information content (AvgIpc) is 4.51. The van der Waals surface area contributed by atoms with Crippen molar-refractivity contribution in [1.82, 2.24) is 4.57 Å². The molecule has 5 nitrogen and oxygen atoms in total. The van der Waals surface area contributed by atoms with Crippen LogP contribution in [0, 0.1) is 83.1 Å². The molecule has 0 N–H and O–H groups in total. The lowest BCUT2D eigenvalue weighted by Gasteiger charge is -2.02. The van der Waals surface area contributed by atoms with Gasteiger partial charge < -0.3 is 22.2 Å². The van der Waals surface area contributed by atoms with Crippen molar-refractivity contribution in [1.29, 1.82) is 0 Å². The van der Waals surface area contributed by atoms with Gasteiger partial charge in [-0.3, -0.25) is 0 Å². The Balaban J connectivity index is 0.000000115. The maximum absolute atomic E-state index is 5.58. The number of hydrogen-bond donors (Lipinski definition) is 0. The van der Waals surface area contributed by atoms with Crippen LogP contribution in [0.3, 0.4) is 0 Å². The average molecular weight is 1100 g/mol. The maximum Gasteiger partial charge on any atom is 0.134 e. The highest BCUT2D eigenvalue weighted by Gasteiger charge is 2.11. The highest BCUT2D eigenvalue weighted by Crippen LogP contribution is 2.32. The normalized spacial score (nSPS) is 10.8. The standard InChI is InChI=1S/C15H15N.C11H12O.2C10H10O.C10H10S.C9H8O.C9H8S/c1-3-16-13-9-5-4-8-12(13)15-11(2)7-6-10-14(15)16;1-7-5-4-6-10-11(7)8(2)9(3)12-10;1-7-4-3-5-10-9(7)6-8(2)11-10;2*1-7-4-3-5-9-10(7)8(2)6-11-9;2*1-7-3-2-4-9-8(7)5-6-10-9/h4-10H,3H2,1-2H3;4-6H,1-3H3;3*3-6H,1-2H3;2*2-6H,1H3. The molecule has 8 aromatic carbocycles. The highest BCUT2D eigenvalue weighted by atomic mass is 32.1. The van der Waals surface area contributed by atoms with E-state index in [4.69, 9.17) is 17.7 Å². The largest absolute Gasteiger partial charge is 0.464 e. The van der Waals surface area contributed by atoms with Gasteiger partial charge in [0.25, 0.3) is 0 Å². The van der Waals surface area contributed by atoms with E-state index in [1.165, 1.54) is 119 Å². The molecule has 7 aromatic heterocycles. The summed E-state index contributed by atoms with van der Waals surface area (Å²) < 4.78 is 26.7. The Bertz CT molecular complexity index is 4400. The summed E-state index contributed by atoms with van der Waals surface area (Å²) in [6.45, 7) is 28.4. The fraction of sp³-hybridized carbons (Fsp3) is 0.189. The van der Waals surface area contributed by atoms with E-state index < -0.39 is 0 Å². The van der Waals surface area contributed by atoms with Crippen LogP contribution in [0.25, 0.3) is 85.9 Å². The molecule has 15 aromatic rings. The third-order valence-corrected chi connectivity index (χ3v) is 17.0. The summed E-state index contributed by atoms with van der Waals surface area (Å²) in [7, 11) is 0. The molecule has 0 fully saturated rings. The van der Waals surface area contributed by atoms with Crippen LogP contribution in [0.2, 0.25) is 0 Å². The number of aromatic nitrogens is 1. The van der Waals surface area contributed by atoms with E-state index in [1.807, 2.05) is 79.8 Å². The lowest BCUT2D eigenvalue weighted by atomic mass is 10.1. The van der Waals surface area contributed by atoms with Crippen molar-refractivity contribution in [2.45, 2.75) is 96.6 Å². The summed E-state index contributed by atoms with van der Waals surface area (Å²) in [6.07, 6.45) is 3.52. The molecule has 0 atom stereocenters. The molecule has 0 aliphatic heterocycles. The molecule has 0 bridgehead atoms. The lowest BCUT2D eigenvalue weighted by molar-refractivity contribution is 0.575. The minimum Gasteiger partial charge on any atom is -0.464 e. The van der Waals surface area contributed by atoms with Crippen LogP contribution >= 0.6 is 22.7 Å². The second kappa shape index (κ2) is 25.8. The van der Waals surface area contributed by atoms with Gasteiger partial charge in [-0.1, -0.05) is 103 Å². The summed E-state index contributed by atoms with van der Waals surface area (Å²) >= 11 is 3.63. The first-order chi connectivity index (χ1) is 39.1. The molecule has 0 aliphatic carbocycles. The van der Waals surface area contributed by atoms with Crippen molar-refractivity contribution in [3.8, 4) is 0 Å². The zero-order valence-corrected chi connectivity index (χ0v) is 50.7. The van der Waals surface area contributed by atoms with Crippen molar-refractivity contribution in [2.24, 2.45) is 0 Å². The first-order valence-electron chi connectivity index (χ1n) is 27.7. The Hall–Kier alpha value is -8.36. The van der Waals surface area contributed by atoms with E-state index in [-0.39, 0.29) is 0 Å². The van der Waals surface area contributed by atoms with Crippen LogP contribution in [-0.4, -0.2) is 4.57 Å². The summed E-state index contributed by atoms with van der Waals surface area (Å²) in [5, 5.41) is 14.9. The summed E-state index contributed by atoms with van der Waals surface area (Å²) in [5.74, 6) is 2.01. The molecule has 7 heteroatoms. The topological polar surface area (TPSA) is 57.5 Å². The first kappa shape index (κ1) is 57.3. The molecule has 81 heavy (non-hydrogen) atoms. The Kier molecular flexibility index (Phi) is 18.3. The number of aryl methyl sites for hydroxylation is 13. The fourth-order valence-electron chi connectivity index (χ4n) is 10.8. The zero-order chi connectivity index (χ0) is 57.3. The van der Waals surface area contributed by atoms with Crippen LogP contribution < -0.4 is 0 Å². The van der Waals surface area contributed by atoms with Gasteiger partial charge in [0.2, 0.25) is 0 Å². The molecule has 0 spiro atoms. The van der Waals surface area contributed by atoms with E-state index in [2.05, 4.69) is 207 Å². The van der Waals surface area contributed by atoms with Gasteiger partial charge in [-0.15, -0.1) is 22.7 Å². The number of thiophene rings is 2. The second-order valence-corrected chi connectivity index (χ2v) is 22.7. The number of nitrogens with zero attached hydrogens (tertiary/aromatic N) is 1. The molecule has 7 heterocycles. The molecular formula is C74H73NO4S2. The Morgan fingerprint density at radius 3 is 1.57 bits per heavy atom. The van der Waals surface area contributed by atoms with E-state index in [9.17, 15) is 0 Å². The second-order valence-electron chi connectivity index (χ2n) is 20.9. The molecular weight excluding hydrogens is 1030 g/mol. The molecule has 0 unspecified atom stereocenters. The number of fused-ring (bicyclic) bond motifs is 9. The van der Waals surface area contributed by atoms with Crippen LogP contribution in [-0.2, 0) is 6.54 Å². The monoisotopic (exact) mass is 1100 g/mol. The van der Waals surface area contributed by atoms with Crippen LogP contribution in [0.1, 0.15) is 74.1 Å². The Labute approximate surface area is 484 Å². The minimum absolute atomic E-state index is 0.972. The van der Waals surface area contributed by atoms with Crippen LogP contribution in [0.4, 0.5) is 0 Å². The van der Waals surface area contributed by atoms with Crippen LogP contribution in [0.15, 0.2) is 211 Å². The summed E-state index contributed by atoms with van der Waals surface area (Å²) in [4.78, 5) is 0. The molecule has 0 amide bonds. The van der Waals surface area contributed by atoms with Gasteiger partial charge in [0.1, 0.15) is 33.9 Å². The van der Waals surface area contributed by atoms with Gasteiger partial charge in [-0.2, -0.15) is 0 Å². The molecule has 0 saturated carbocycles. The number of rotatable bonds is 1. The lowest BCUT2D eigenvalue weighted by Crippen LogP contribution is -1.92. The van der Waals surface area contributed by atoms with E-state index in [0.717, 1.165) is 40.4 Å². The highest BCUT2D eigenvalue weighted by molar-refractivity contribution is 7.17. The van der Waals surface area contributed by atoms with Crippen molar-refractivity contribution in [2.75, 3.05) is 0 Å². The Morgan fingerprint density at radius 1 is 0.370 bits per heavy atom. The quantitative estimate of drug-likeness (QED) is 0.164. The van der Waals surface area contributed by atoms with Gasteiger partial charge >= 0.3 is 0 Å². The predicted molar refractivity (Wildman–Crippen MR) is 350 cm³/mol. The summed E-state index contributed by atoms with van der Waals surface area (Å²) in [5.41, 5.74) is 19.8. The molecule has 0 aliphatic rings. The first-order valence-corrected chi connectivity index (χ1v) is 29.5. The van der Waals surface area contributed by atoms with Gasteiger partial charge in [0.15, 0.2) is 0 Å². The SMILES string of the molecule is CCn1c2ccccc2c2c(C)cccc21.Cc1cc2c(C)cccc2o1.Cc1cccc2occ(C)c12.Cc1cccc2occc12.Cc1cccc2scc(C)c12.Cc1cccc2sccc12.Cc1oc2cccc(C)c2c1C. The smallest absolute Gasteiger partial charge is 0.134 e.